The van der Waals surface area contributed by atoms with Gasteiger partial charge in [0.1, 0.15) is 11.7 Å². The third kappa shape index (κ3) is 5.20. The van der Waals surface area contributed by atoms with Crippen LogP contribution in [0.1, 0.15) is 47.5 Å². The molecule has 2 N–H and O–H groups in total. The number of aliphatic hydroxyl groups excluding tert-OH is 1. The van der Waals surface area contributed by atoms with Gasteiger partial charge in [-0.15, -0.1) is 23.5 Å². The van der Waals surface area contributed by atoms with Crippen molar-refractivity contribution in [3.63, 3.8) is 0 Å². The van der Waals surface area contributed by atoms with Crippen LogP contribution >= 0.6 is 23.5 Å². The molecule has 0 spiro atoms. The van der Waals surface area contributed by atoms with Gasteiger partial charge in [-0.1, -0.05) is 24.3 Å². The molecular formula is C19H31NO3S2. The SMILES string of the molecule is CC(C)(C)OC(=O)NC(C)(C)C(O)C1(C2C=CC=CC2)SCCCS1. The monoisotopic (exact) mass is 385 g/mol. The molecule has 2 unspecified atom stereocenters. The van der Waals surface area contributed by atoms with Crippen LogP contribution < -0.4 is 5.32 Å². The molecule has 2 rings (SSSR count). The minimum Gasteiger partial charge on any atom is -0.444 e. The third-order valence-corrected chi connectivity index (χ3v) is 7.98. The topological polar surface area (TPSA) is 58.6 Å². The van der Waals surface area contributed by atoms with Gasteiger partial charge in [0.2, 0.25) is 0 Å². The number of ether oxygens (including phenoxy) is 1. The molecule has 1 heterocycles. The van der Waals surface area contributed by atoms with Crippen LogP contribution in [0.25, 0.3) is 0 Å². The molecule has 0 bridgehead atoms. The summed E-state index contributed by atoms with van der Waals surface area (Å²) in [5, 5.41) is 14.3. The van der Waals surface area contributed by atoms with E-state index in [1.807, 2.05) is 58.1 Å². The Balaban J connectivity index is 2.19. The maximum atomic E-state index is 12.3. The first-order chi connectivity index (χ1) is 11.6. The minimum absolute atomic E-state index is 0.238. The molecule has 0 aromatic rings. The minimum atomic E-state index is -0.797. The largest absolute Gasteiger partial charge is 0.444 e. The number of carbonyl (C=O) groups is 1. The highest BCUT2D eigenvalue weighted by atomic mass is 32.2. The fourth-order valence-electron chi connectivity index (χ4n) is 3.16. The number of nitrogens with one attached hydrogen (secondary N) is 1. The van der Waals surface area contributed by atoms with Gasteiger partial charge in [-0.3, -0.25) is 0 Å². The summed E-state index contributed by atoms with van der Waals surface area (Å²) in [4.78, 5) is 12.3. The lowest BCUT2D eigenvalue weighted by atomic mass is 9.85. The summed E-state index contributed by atoms with van der Waals surface area (Å²) >= 11 is 3.66. The second-order valence-corrected chi connectivity index (χ2v) is 11.2. The number of thioether (sulfide) groups is 2. The molecular weight excluding hydrogens is 354 g/mol. The van der Waals surface area contributed by atoms with E-state index in [-0.39, 0.29) is 10.00 Å². The Labute approximate surface area is 160 Å². The van der Waals surface area contributed by atoms with Crippen LogP contribution in [0.15, 0.2) is 24.3 Å². The Bertz CT molecular complexity index is 531. The maximum Gasteiger partial charge on any atom is 0.408 e. The van der Waals surface area contributed by atoms with Crippen molar-refractivity contribution in [3.05, 3.63) is 24.3 Å². The van der Waals surface area contributed by atoms with Gasteiger partial charge in [-0.2, -0.15) is 0 Å². The van der Waals surface area contributed by atoms with Crippen molar-refractivity contribution in [2.45, 2.75) is 68.8 Å². The number of alkyl carbamates (subject to hydrolysis) is 1. The first kappa shape index (κ1) is 20.7. The van der Waals surface area contributed by atoms with Gasteiger partial charge in [0, 0.05) is 5.92 Å². The summed E-state index contributed by atoms with van der Waals surface area (Å²) in [6, 6.07) is 0. The zero-order valence-corrected chi connectivity index (χ0v) is 17.5. The molecule has 1 aliphatic heterocycles. The van der Waals surface area contributed by atoms with Crippen molar-refractivity contribution < 1.29 is 14.6 Å². The quantitative estimate of drug-likeness (QED) is 0.753. The highest BCUT2D eigenvalue weighted by Gasteiger charge is 2.52. The fraction of sp³-hybridized carbons (Fsp3) is 0.737. The van der Waals surface area contributed by atoms with Gasteiger partial charge in [-0.25, -0.2) is 4.79 Å². The number of amides is 1. The van der Waals surface area contributed by atoms with E-state index < -0.39 is 23.3 Å². The van der Waals surface area contributed by atoms with E-state index >= 15 is 0 Å². The summed E-state index contributed by atoms with van der Waals surface area (Å²) in [5.41, 5.74) is -1.36. The summed E-state index contributed by atoms with van der Waals surface area (Å²) in [6.45, 7) is 9.26. The highest BCUT2D eigenvalue weighted by molar-refractivity contribution is 8.18. The Morgan fingerprint density at radius 2 is 1.88 bits per heavy atom. The maximum absolute atomic E-state index is 12.3. The average Bonchev–Trinajstić information content (AvgIpc) is 2.53. The van der Waals surface area contributed by atoms with Crippen LogP contribution in [-0.4, -0.2) is 44.0 Å². The zero-order valence-electron chi connectivity index (χ0n) is 15.9. The fourth-order valence-corrected chi connectivity index (χ4v) is 7.07. The number of carbonyl (C=O) groups excluding carboxylic acids is 1. The number of hydrogen-bond donors (Lipinski definition) is 2. The first-order valence-electron chi connectivity index (χ1n) is 8.87. The predicted octanol–water partition coefficient (Wildman–Crippen LogP) is 4.35. The van der Waals surface area contributed by atoms with E-state index in [4.69, 9.17) is 4.74 Å². The van der Waals surface area contributed by atoms with Crippen LogP contribution in [-0.2, 0) is 4.74 Å². The van der Waals surface area contributed by atoms with E-state index in [0.29, 0.717) is 0 Å². The van der Waals surface area contributed by atoms with E-state index in [0.717, 1.165) is 24.3 Å². The second-order valence-electron chi connectivity index (χ2n) is 8.18. The van der Waals surface area contributed by atoms with Gasteiger partial charge in [-0.05, 0) is 59.0 Å². The molecule has 0 aromatic carbocycles. The lowest BCUT2D eigenvalue weighted by molar-refractivity contribution is 0.0234. The van der Waals surface area contributed by atoms with Crippen LogP contribution in [0.2, 0.25) is 0 Å². The van der Waals surface area contributed by atoms with E-state index in [1.165, 1.54) is 0 Å². The van der Waals surface area contributed by atoms with Crippen molar-refractivity contribution in [1.82, 2.24) is 5.32 Å². The summed E-state index contributed by atoms with van der Waals surface area (Å²) in [7, 11) is 0. The summed E-state index contributed by atoms with van der Waals surface area (Å²) < 4.78 is 5.03. The predicted molar refractivity (Wildman–Crippen MR) is 108 cm³/mol. The van der Waals surface area contributed by atoms with Crippen molar-refractivity contribution in [2.24, 2.45) is 5.92 Å². The number of allylic oxidation sites excluding steroid dienone is 4. The van der Waals surface area contributed by atoms with Crippen LogP contribution in [0, 0.1) is 5.92 Å². The van der Waals surface area contributed by atoms with Crippen LogP contribution in [0.5, 0.6) is 0 Å². The third-order valence-electron chi connectivity index (χ3n) is 4.33. The van der Waals surface area contributed by atoms with Crippen LogP contribution in [0.3, 0.4) is 0 Å². The molecule has 1 aliphatic carbocycles. The Hall–Kier alpha value is -0.590. The van der Waals surface area contributed by atoms with E-state index in [9.17, 15) is 9.90 Å². The Morgan fingerprint density at radius 1 is 1.24 bits per heavy atom. The van der Waals surface area contributed by atoms with Crippen molar-refractivity contribution in [1.29, 1.82) is 0 Å². The number of aliphatic hydroxyl groups is 1. The smallest absolute Gasteiger partial charge is 0.408 e. The van der Waals surface area contributed by atoms with Crippen molar-refractivity contribution >= 4 is 29.6 Å². The molecule has 0 aromatic heterocycles. The van der Waals surface area contributed by atoms with Crippen molar-refractivity contribution in [3.8, 4) is 0 Å². The molecule has 2 atom stereocenters. The van der Waals surface area contributed by atoms with Crippen molar-refractivity contribution in [2.75, 3.05) is 11.5 Å². The average molecular weight is 386 g/mol. The van der Waals surface area contributed by atoms with E-state index in [2.05, 4.69) is 29.6 Å². The lowest BCUT2D eigenvalue weighted by Gasteiger charge is -2.49. The zero-order chi connectivity index (χ0) is 18.7. The molecule has 2 aliphatic rings. The standard InChI is InChI=1S/C19H31NO3S2/c1-17(2,3)23-16(22)20-18(4,5)15(21)19(24-12-9-13-25-19)14-10-7-6-8-11-14/h6-8,10,14-15,21H,9,11-13H2,1-5H3,(H,20,22). The molecule has 1 fully saturated rings. The summed E-state index contributed by atoms with van der Waals surface area (Å²) in [6.07, 6.45) is 9.33. The Morgan fingerprint density at radius 3 is 2.40 bits per heavy atom. The number of rotatable bonds is 4. The van der Waals surface area contributed by atoms with Gasteiger partial charge in [0.15, 0.2) is 0 Å². The summed E-state index contributed by atoms with van der Waals surface area (Å²) in [5.74, 6) is 2.30. The number of hydrogen-bond acceptors (Lipinski definition) is 5. The molecule has 0 radical (unpaired) electrons. The van der Waals surface area contributed by atoms with Gasteiger partial charge >= 0.3 is 6.09 Å². The molecule has 4 nitrogen and oxygen atoms in total. The van der Waals surface area contributed by atoms with E-state index in [1.54, 1.807) is 0 Å². The molecule has 6 heteroatoms. The van der Waals surface area contributed by atoms with Gasteiger partial charge < -0.3 is 15.2 Å². The van der Waals surface area contributed by atoms with Gasteiger partial charge in [0.25, 0.3) is 0 Å². The van der Waals surface area contributed by atoms with Gasteiger partial charge in [0.05, 0.1) is 9.62 Å². The highest BCUT2D eigenvalue weighted by Crippen LogP contribution is 2.54. The molecule has 0 saturated carbocycles. The molecule has 142 valence electrons. The molecule has 1 saturated heterocycles. The normalized spacial score (nSPS) is 24.6. The van der Waals surface area contributed by atoms with Crippen LogP contribution in [0.4, 0.5) is 4.79 Å². The Kier molecular flexibility index (Phi) is 6.60. The second kappa shape index (κ2) is 7.97. The first-order valence-corrected chi connectivity index (χ1v) is 10.8. The molecule has 1 amide bonds. The molecule has 25 heavy (non-hydrogen) atoms. The lowest BCUT2D eigenvalue weighted by Crippen LogP contribution is -2.62.